The van der Waals surface area contributed by atoms with E-state index in [-0.39, 0.29) is 0 Å². The number of anilines is 2. The molecule has 2 aromatic rings. The molecule has 0 N–H and O–H groups in total. The Balaban J connectivity index is 1.67. The molecule has 0 spiro atoms. The molecule has 0 amide bonds. The molecule has 1 aromatic heterocycles. The first-order chi connectivity index (χ1) is 11.5. The summed E-state index contributed by atoms with van der Waals surface area (Å²) >= 11 is 0. The summed E-state index contributed by atoms with van der Waals surface area (Å²) in [6.07, 6.45) is 0. The molecule has 1 aliphatic rings. The van der Waals surface area contributed by atoms with E-state index in [4.69, 9.17) is 0 Å². The number of hydrogen-bond donors (Lipinski definition) is 0. The minimum atomic E-state index is -3.42. The van der Waals surface area contributed by atoms with Crippen molar-refractivity contribution in [1.82, 2.24) is 14.5 Å². The first-order valence-electron chi connectivity index (χ1n) is 7.80. The van der Waals surface area contributed by atoms with Gasteiger partial charge in [-0.3, -0.25) is 0 Å². The van der Waals surface area contributed by atoms with Gasteiger partial charge in [0, 0.05) is 40.3 Å². The quantitative estimate of drug-likeness (QED) is 0.823. The van der Waals surface area contributed by atoms with E-state index in [1.165, 1.54) is 4.31 Å². The van der Waals surface area contributed by atoms with Crippen LogP contribution in [0.5, 0.6) is 0 Å². The third kappa shape index (κ3) is 3.34. The Morgan fingerprint density at radius 1 is 0.917 bits per heavy atom. The Kier molecular flexibility index (Phi) is 4.68. The van der Waals surface area contributed by atoms with Crippen LogP contribution >= 0.6 is 0 Å². The molecule has 0 bridgehead atoms. The summed E-state index contributed by atoms with van der Waals surface area (Å²) in [5, 5.41) is 8.41. The molecule has 24 heavy (non-hydrogen) atoms. The van der Waals surface area contributed by atoms with Gasteiger partial charge in [-0.25, -0.2) is 8.42 Å². The van der Waals surface area contributed by atoms with Crippen LogP contribution in [0.4, 0.5) is 11.6 Å². The van der Waals surface area contributed by atoms with Gasteiger partial charge in [-0.15, -0.1) is 10.2 Å². The summed E-state index contributed by atoms with van der Waals surface area (Å²) in [4.78, 5) is 4.29. The minimum Gasteiger partial charge on any atom is -0.361 e. The van der Waals surface area contributed by atoms with E-state index in [0.717, 1.165) is 11.6 Å². The van der Waals surface area contributed by atoms with Crippen molar-refractivity contribution in [3.05, 3.63) is 42.5 Å². The zero-order valence-electron chi connectivity index (χ0n) is 13.8. The lowest BCUT2D eigenvalue weighted by Gasteiger charge is -2.34. The highest BCUT2D eigenvalue weighted by Crippen LogP contribution is 2.20. The number of hydrogen-bond acceptors (Lipinski definition) is 6. The second-order valence-electron chi connectivity index (χ2n) is 5.85. The Bertz CT molecular complexity index is 770. The smallest absolute Gasteiger partial charge is 0.243 e. The van der Waals surface area contributed by atoms with Gasteiger partial charge in [-0.1, -0.05) is 18.2 Å². The fourth-order valence-electron chi connectivity index (χ4n) is 2.62. The van der Waals surface area contributed by atoms with E-state index >= 15 is 0 Å². The van der Waals surface area contributed by atoms with Gasteiger partial charge >= 0.3 is 0 Å². The average Bonchev–Trinajstić information content (AvgIpc) is 2.62. The third-order valence-corrected chi connectivity index (χ3v) is 5.95. The van der Waals surface area contributed by atoms with Gasteiger partial charge in [0.2, 0.25) is 10.0 Å². The van der Waals surface area contributed by atoms with Crippen LogP contribution in [0, 0.1) is 0 Å². The van der Waals surface area contributed by atoms with Crippen LogP contribution in [0.25, 0.3) is 0 Å². The van der Waals surface area contributed by atoms with Gasteiger partial charge in [0.05, 0.1) is 4.90 Å². The summed E-state index contributed by atoms with van der Waals surface area (Å²) in [6.45, 7) is 2.08. The number of nitrogens with zero attached hydrogens (tertiary/aromatic N) is 5. The van der Waals surface area contributed by atoms with Gasteiger partial charge in [0.25, 0.3) is 0 Å². The molecule has 1 fully saturated rings. The standard InChI is InChI=1S/C16H21N5O2S/c1-19(2)15-8-9-16(18-17-15)20-10-12-21(13-11-20)24(22,23)14-6-4-3-5-7-14/h3-9H,10-13H2,1-2H3. The zero-order valence-corrected chi connectivity index (χ0v) is 14.6. The molecule has 128 valence electrons. The highest BCUT2D eigenvalue weighted by atomic mass is 32.2. The highest BCUT2D eigenvalue weighted by Gasteiger charge is 2.28. The van der Waals surface area contributed by atoms with Crippen molar-refractivity contribution < 1.29 is 8.42 Å². The van der Waals surface area contributed by atoms with Crippen LogP contribution in [-0.4, -0.2) is 63.2 Å². The molecule has 1 aromatic carbocycles. The number of aromatic nitrogens is 2. The summed E-state index contributed by atoms with van der Waals surface area (Å²) < 4.78 is 26.8. The molecular formula is C16H21N5O2S. The van der Waals surface area contributed by atoms with Crippen molar-refractivity contribution in [3.8, 4) is 0 Å². The lowest BCUT2D eigenvalue weighted by molar-refractivity contribution is 0.383. The largest absolute Gasteiger partial charge is 0.361 e. The SMILES string of the molecule is CN(C)c1ccc(N2CCN(S(=O)(=O)c3ccccc3)CC2)nn1. The number of piperazine rings is 1. The fourth-order valence-corrected chi connectivity index (χ4v) is 4.07. The summed E-state index contributed by atoms with van der Waals surface area (Å²) in [6, 6.07) is 12.4. The van der Waals surface area contributed by atoms with Gasteiger partial charge in [0.15, 0.2) is 11.6 Å². The molecular weight excluding hydrogens is 326 g/mol. The van der Waals surface area contributed by atoms with Gasteiger partial charge in [-0.2, -0.15) is 4.31 Å². The molecule has 0 atom stereocenters. The summed E-state index contributed by atoms with van der Waals surface area (Å²) in [7, 11) is 0.406. The molecule has 1 saturated heterocycles. The normalized spacial score (nSPS) is 16.2. The van der Waals surface area contributed by atoms with E-state index in [9.17, 15) is 8.42 Å². The van der Waals surface area contributed by atoms with Crippen LogP contribution in [0.1, 0.15) is 0 Å². The number of rotatable bonds is 4. The van der Waals surface area contributed by atoms with E-state index in [1.807, 2.05) is 37.2 Å². The van der Waals surface area contributed by atoms with Crippen molar-refractivity contribution in [3.63, 3.8) is 0 Å². The van der Waals surface area contributed by atoms with Gasteiger partial charge < -0.3 is 9.80 Å². The summed E-state index contributed by atoms with van der Waals surface area (Å²) in [5.74, 6) is 1.57. The zero-order chi connectivity index (χ0) is 17.2. The first-order valence-corrected chi connectivity index (χ1v) is 9.24. The summed E-state index contributed by atoms with van der Waals surface area (Å²) in [5.41, 5.74) is 0. The maximum atomic E-state index is 12.6. The maximum absolute atomic E-state index is 12.6. The van der Waals surface area contributed by atoms with Crippen LogP contribution < -0.4 is 9.80 Å². The van der Waals surface area contributed by atoms with Gasteiger partial charge in [0.1, 0.15) is 0 Å². The van der Waals surface area contributed by atoms with Crippen LogP contribution in [0.3, 0.4) is 0 Å². The molecule has 0 saturated carbocycles. The Labute approximate surface area is 142 Å². The maximum Gasteiger partial charge on any atom is 0.243 e. The molecule has 0 aliphatic carbocycles. The van der Waals surface area contributed by atoms with Crippen molar-refractivity contribution >= 4 is 21.7 Å². The Hall–Kier alpha value is -2.19. The van der Waals surface area contributed by atoms with Crippen molar-refractivity contribution in [2.75, 3.05) is 50.1 Å². The minimum absolute atomic E-state index is 0.341. The predicted octanol–water partition coefficient (Wildman–Crippen LogP) is 1.05. The third-order valence-electron chi connectivity index (χ3n) is 4.04. The molecule has 8 heteroatoms. The second kappa shape index (κ2) is 6.74. The average molecular weight is 347 g/mol. The monoisotopic (exact) mass is 347 g/mol. The molecule has 0 radical (unpaired) electrons. The Morgan fingerprint density at radius 2 is 1.58 bits per heavy atom. The van der Waals surface area contributed by atoms with Crippen molar-refractivity contribution in [2.45, 2.75) is 4.90 Å². The molecule has 2 heterocycles. The number of sulfonamides is 1. The van der Waals surface area contributed by atoms with Crippen LogP contribution in [-0.2, 0) is 10.0 Å². The molecule has 3 rings (SSSR count). The highest BCUT2D eigenvalue weighted by molar-refractivity contribution is 7.89. The van der Waals surface area contributed by atoms with E-state index < -0.39 is 10.0 Å². The lowest BCUT2D eigenvalue weighted by Crippen LogP contribution is -2.49. The number of benzene rings is 1. The molecule has 7 nitrogen and oxygen atoms in total. The molecule has 1 aliphatic heterocycles. The van der Waals surface area contributed by atoms with Crippen molar-refractivity contribution in [2.24, 2.45) is 0 Å². The second-order valence-corrected chi connectivity index (χ2v) is 7.79. The van der Waals surface area contributed by atoms with Crippen LogP contribution in [0.2, 0.25) is 0 Å². The topological polar surface area (TPSA) is 69.6 Å². The van der Waals surface area contributed by atoms with E-state index in [1.54, 1.807) is 24.3 Å². The fraction of sp³-hybridized carbons (Fsp3) is 0.375. The van der Waals surface area contributed by atoms with Crippen molar-refractivity contribution in [1.29, 1.82) is 0 Å². The molecule has 0 unspecified atom stereocenters. The van der Waals surface area contributed by atoms with Crippen LogP contribution in [0.15, 0.2) is 47.4 Å². The predicted molar refractivity (Wildman–Crippen MR) is 93.8 cm³/mol. The first kappa shape index (κ1) is 16.7. The lowest BCUT2D eigenvalue weighted by atomic mass is 10.3. The van der Waals surface area contributed by atoms with E-state index in [0.29, 0.717) is 31.1 Å². The Morgan fingerprint density at radius 3 is 2.12 bits per heavy atom. The van der Waals surface area contributed by atoms with E-state index in [2.05, 4.69) is 15.1 Å². The van der Waals surface area contributed by atoms with Gasteiger partial charge in [-0.05, 0) is 24.3 Å².